The first-order chi connectivity index (χ1) is 9.15. The van der Waals surface area contributed by atoms with Crippen LogP contribution in [0.4, 0.5) is 0 Å². The van der Waals surface area contributed by atoms with E-state index >= 15 is 0 Å². The minimum absolute atomic E-state index is 0.209. The molecule has 2 atom stereocenters. The number of hydrogen-bond acceptors (Lipinski definition) is 1. The molecule has 1 saturated heterocycles. The van der Waals surface area contributed by atoms with Gasteiger partial charge in [-0.05, 0) is 30.9 Å². The SMILES string of the molecule is C[C@@H]1C2=CCC=CC2(Cc2ccccc2)C(=O)N1C. The lowest BCUT2D eigenvalue weighted by molar-refractivity contribution is -0.133. The van der Waals surface area contributed by atoms with Crippen LogP contribution in [0.1, 0.15) is 18.9 Å². The van der Waals surface area contributed by atoms with E-state index in [9.17, 15) is 4.79 Å². The van der Waals surface area contributed by atoms with Gasteiger partial charge in [0, 0.05) is 7.05 Å². The minimum Gasteiger partial charge on any atom is -0.338 e. The lowest BCUT2D eigenvalue weighted by Gasteiger charge is -2.27. The van der Waals surface area contributed by atoms with Crippen LogP contribution in [-0.2, 0) is 11.2 Å². The van der Waals surface area contributed by atoms with Gasteiger partial charge in [0.1, 0.15) is 0 Å². The fraction of sp³-hybridized carbons (Fsp3) is 0.353. The van der Waals surface area contributed by atoms with E-state index in [4.69, 9.17) is 0 Å². The standard InChI is InChI=1S/C17H19NO/c1-13-15-10-6-7-11-17(15,16(19)18(13)2)12-14-8-4-3-5-9-14/h3-5,7-11,13H,6,12H2,1-2H3/t13-,17?/m1/s1. The Labute approximate surface area is 114 Å². The molecule has 1 aromatic carbocycles. The van der Waals surface area contributed by atoms with Crippen LogP contribution in [0, 0.1) is 5.41 Å². The smallest absolute Gasteiger partial charge is 0.237 e. The normalized spacial score (nSPS) is 29.4. The van der Waals surface area contributed by atoms with E-state index in [1.54, 1.807) is 0 Å². The molecule has 0 bridgehead atoms. The Bertz CT molecular complexity index is 558. The zero-order valence-corrected chi connectivity index (χ0v) is 11.5. The Morgan fingerprint density at radius 1 is 1.32 bits per heavy atom. The first kappa shape index (κ1) is 12.2. The summed E-state index contributed by atoms with van der Waals surface area (Å²) in [5.41, 5.74) is 2.05. The Morgan fingerprint density at radius 2 is 2.05 bits per heavy atom. The summed E-state index contributed by atoms with van der Waals surface area (Å²) in [6, 6.07) is 10.5. The molecule has 1 amide bonds. The zero-order valence-electron chi connectivity index (χ0n) is 11.5. The largest absolute Gasteiger partial charge is 0.338 e. The maximum atomic E-state index is 12.7. The highest BCUT2D eigenvalue weighted by Gasteiger charge is 2.51. The van der Waals surface area contributed by atoms with Crippen molar-refractivity contribution in [1.29, 1.82) is 0 Å². The molecule has 2 heteroatoms. The molecule has 1 heterocycles. The summed E-state index contributed by atoms with van der Waals surface area (Å²) < 4.78 is 0. The maximum absolute atomic E-state index is 12.7. The summed E-state index contributed by atoms with van der Waals surface area (Å²) >= 11 is 0. The first-order valence-electron chi connectivity index (χ1n) is 6.84. The molecule has 19 heavy (non-hydrogen) atoms. The van der Waals surface area contributed by atoms with Crippen molar-refractivity contribution in [2.45, 2.75) is 25.8 Å². The van der Waals surface area contributed by atoms with Crippen LogP contribution in [0.15, 0.2) is 54.1 Å². The number of carbonyl (C=O) groups excluding carboxylic acids is 1. The van der Waals surface area contributed by atoms with Crippen LogP contribution >= 0.6 is 0 Å². The molecule has 98 valence electrons. The molecule has 2 nitrogen and oxygen atoms in total. The number of likely N-dealkylation sites (N-methyl/N-ethyl adjacent to an activating group) is 1. The van der Waals surface area contributed by atoms with E-state index in [0.29, 0.717) is 0 Å². The maximum Gasteiger partial charge on any atom is 0.237 e. The van der Waals surface area contributed by atoms with Crippen molar-refractivity contribution in [3.05, 3.63) is 59.7 Å². The molecule has 1 aromatic rings. The van der Waals surface area contributed by atoms with E-state index < -0.39 is 5.41 Å². The number of fused-ring (bicyclic) bond motifs is 1. The molecule has 1 unspecified atom stereocenters. The van der Waals surface area contributed by atoms with Crippen molar-refractivity contribution in [3.63, 3.8) is 0 Å². The molecule has 0 saturated carbocycles. The number of amides is 1. The molecule has 0 spiro atoms. The predicted molar refractivity (Wildman–Crippen MR) is 76.7 cm³/mol. The second-order valence-electron chi connectivity index (χ2n) is 5.52. The van der Waals surface area contributed by atoms with E-state index in [1.807, 2.05) is 30.1 Å². The van der Waals surface area contributed by atoms with Crippen LogP contribution in [-0.4, -0.2) is 23.9 Å². The third-order valence-electron chi connectivity index (χ3n) is 4.45. The van der Waals surface area contributed by atoms with Crippen molar-refractivity contribution in [2.24, 2.45) is 5.41 Å². The molecule has 1 fully saturated rings. The van der Waals surface area contributed by atoms with Gasteiger partial charge in [-0.15, -0.1) is 0 Å². The summed E-state index contributed by atoms with van der Waals surface area (Å²) in [7, 11) is 1.91. The van der Waals surface area contributed by atoms with Crippen LogP contribution in [0.2, 0.25) is 0 Å². The molecule has 3 rings (SSSR count). The van der Waals surface area contributed by atoms with E-state index in [1.165, 1.54) is 11.1 Å². The average Bonchev–Trinajstić information content (AvgIpc) is 2.63. The van der Waals surface area contributed by atoms with Crippen LogP contribution in [0.25, 0.3) is 0 Å². The quantitative estimate of drug-likeness (QED) is 0.742. The van der Waals surface area contributed by atoms with E-state index in [-0.39, 0.29) is 11.9 Å². The van der Waals surface area contributed by atoms with Gasteiger partial charge in [-0.1, -0.05) is 48.6 Å². The molecule has 0 N–H and O–H groups in total. The first-order valence-corrected chi connectivity index (χ1v) is 6.84. The van der Waals surface area contributed by atoms with Gasteiger partial charge in [0.2, 0.25) is 5.91 Å². The molecule has 0 radical (unpaired) electrons. The average molecular weight is 253 g/mol. The lowest BCUT2D eigenvalue weighted by atomic mass is 9.72. The van der Waals surface area contributed by atoms with Gasteiger partial charge in [-0.2, -0.15) is 0 Å². The highest BCUT2D eigenvalue weighted by atomic mass is 16.2. The molecule has 2 aliphatic rings. The van der Waals surface area contributed by atoms with Gasteiger partial charge < -0.3 is 4.90 Å². The predicted octanol–water partition coefficient (Wildman–Crippen LogP) is 2.96. The van der Waals surface area contributed by atoms with Crippen molar-refractivity contribution >= 4 is 5.91 Å². The molecular weight excluding hydrogens is 234 g/mol. The van der Waals surface area contributed by atoms with Crippen LogP contribution in [0.3, 0.4) is 0 Å². The summed E-state index contributed by atoms with van der Waals surface area (Å²) in [6.45, 7) is 2.12. The van der Waals surface area contributed by atoms with Gasteiger partial charge in [-0.3, -0.25) is 4.79 Å². The van der Waals surface area contributed by atoms with Crippen LogP contribution in [0.5, 0.6) is 0 Å². The van der Waals surface area contributed by atoms with Crippen molar-refractivity contribution in [2.75, 3.05) is 7.05 Å². The number of benzene rings is 1. The van der Waals surface area contributed by atoms with Crippen molar-refractivity contribution in [3.8, 4) is 0 Å². The highest BCUT2D eigenvalue weighted by molar-refractivity contribution is 5.93. The summed E-state index contributed by atoms with van der Waals surface area (Å²) in [5, 5.41) is 0. The number of nitrogens with zero attached hydrogens (tertiary/aromatic N) is 1. The number of hydrogen-bond donors (Lipinski definition) is 0. The third kappa shape index (κ3) is 1.74. The van der Waals surface area contributed by atoms with Gasteiger partial charge >= 0.3 is 0 Å². The Kier molecular flexibility index (Phi) is 2.81. The number of rotatable bonds is 2. The van der Waals surface area contributed by atoms with Gasteiger partial charge in [0.15, 0.2) is 0 Å². The minimum atomic E-state index is -0.437. The zero-order chi connectivity index (χ0) is 13.5. The van der Waals surface area contributed by atoms with Gasteiger partial charge in [-0.25, -0.2) is 0 Å². The number of carbonyl (C=O) groups is 1. The van der Waals surface area contributed by atoms with Crippen LogP contribution < -0.4 is 0 Å². The summed E-state index contributed by atoms with van der Waals surface area (Å²) in [6.07, 6.45) is 8.18. The number of allylic oxidation sites excluding steroid dienone is 2. The summed E-state index contributed by atoms with van der Waals surface area (Å²) in [5.74, 6) is 0.228. The third-order valence-corrected chi connectivity index (χ3v) is 4.45. The fourth-order valence-corrected chi connectivity index (χ4v) is 3.33. The molecule has 1 aliphatic carbocycles. The number of likely N-dealkylation sites (tertiary alicyclic amines) is 1. The van der Waals surface area contributed by atoms with E-state index in [0.717, 1.165) is 12.8 Å². The van der Waals surface area contributed by atoms with Crippen molar-refractivity contribution < 1.29 is 4.79 Å². The monoisotopic (exact) mass is 253 g/mol. The second-order valence-corrected chi connectivity index (χ2v) is 5.52. The van der Waals surface area contributed by atoms with Crippen molar-refractivity contribution in [1.82, 2.24) is 4.90 Å². The fourth-order valence-electron chi connectivity index (χ4n) is 3.33. The molecule has 1 aliphatic heterocycles. The van der Waals surface area contributed by atoms with Gasteiger partial charge in [0.25, 0.3) is 0 Å². The highest BCUT2D eigenvalue weighted by Crippen LogP contribution is 2.46. The van der Waals surface area contributed by atoms with E-state index in [2.05, 4.69) is 37.3 Å². The Balaban J connectivity index is 2.04. The molecular formula is C17H19NO. The lowest BCUT2D eigenvalue weighted by Crippen LogP contribution is -2.34. The second kappa shape index (κ2) is 4.37. The summed E-state index contributed by atoms with van der Waals surface area (Å²) in [4.78, 5) is 14.6. The Morgan fingerprint density at radius 3 is 2.79 bits per heavy atom. The van der Waals surface area contributed by atoms with Gasteiger partial charge in [0.05, 0.1) is 11.5 Å². The Hall–Kier alpha value is -1.83. The topological polar surface area (TPSA) is 20.3 Å². The molecule has 0 aromatic heterocycles.